The number of aliphatic imine (C=N–C) groups is 1. The number of nitrogens with one attached hydrogen (secondary N) is 1. The normalized spacial score (nSPS) is 15.8. The number of carbonyl (C=O) groups is 1. The zero-order valence-electron chi connectivity index (χ0n) is 14.7. The molecule has 4 rings (SSSR count). The molecule has 0 aliphatic carbocycles. The van der Waals surface area contributed by atoms with E-state index in [0.29, 0.717) is 16.2 Å². The Balaban J connectivity index is 1.45. The number of aromatic nitrogens is 2. The third-order valence-electron chi connectivity index (χ3n) is 4.09. The highest BCUT2D eigenvalue weighted by molar-refractivity contribution is 7.90. The van der Waals surface area contributed by atoms with Crippen molar-refractivity contribution < 1.29 is 17.9 Å². The van der Waals surface area contributed by atoms with E-state index in [-0.39, 0.29) is 28.6 Å². The maximum atomic E-state index is 12.1. The Morgan fingerprint density at radius 3 is 2.86 bits per heavy atom. The summed E-state index contributed by atoms with van der Waals surface area (Å²) in [5.74, 6) is -0.615. The molecule has 3 heterocycles. The average molecular weight is 433 g/mol. The number of nitrogens with zero attached hydrogens (tertiary/aromatic N) is 3. The third-order valence-corrected chi connectivity index (χ3v) is 5.71. The molecule has 0 radical (unpaired) electrons. The van der Waals surface area contributed by atoms with E-state index in [1.54, 1.807) is 30.3 Å². The monoisotopic (exact) mass is 432 g/mol. The van der Waals surface area contributed by atoms with E-state index < -0.39 is 22.5 Å². The summed E-state index contributed by atoms with van der Waals surface area (Å²) in [6, 6.07) is 10.7. The first-order valence-electron chi connectivity index (χ1n) is 8.34. The smallest absolute Gasteiger partial charge is 0.328 e. The number of halogens is 1. The van der Waals surface area contributed by atoms with Gasteiger partial charge < -0.3 is 4.74 Å². The number of fused-ring (bicyclic) bond motifs is 2. The molecule has 3 aromatic rings. The molecular weight excluding hydrogens is 420 g/mol. The average Bonchev–Trinajstić information content (AvgIpc) is 2.96. The van der Waals surface area contributed by atoms with Crippen molar-refractivity contribution in [3.8, 4) is 0 Å². The minimum Gasteiger partial charge on any atom is -0.458 e. The van der Waals surface area contributed by atoms with Crippen molar-refractivity contribution in [1.29, 1.82) is 0 Å². The number of sulfonamides is 1. The van der Waals surface area contributed by atoms with E-state index >= 15 is 0 Å². The van der Waals surface area contributed by atoms with Crippen LogP contribution < -0.4 is 10.3 Å². The van der Waals surface area contributed by atoms with Crippen molar-refractivity contribution in [2.75, 3.05) is 6.54 Å². The van der Waals surface area contributed by atoms with Gasteiger partial charge in [0.15, 0.2) is 0 Å². The van der Waals surface area contributed by atoms with Crippen LogP contribution in [0.4, 0.5) is 0 Å². The van der Waals surface area contributed by atoms with Gasteiger partial charge in [-0.3, -0.25) is 23.7 Å². The predicted molar refractivity (Wildman–Crippen MR) is 104 cm³/mol. The SMILES string of the molecule is O=C(CN=C1NS(=O)(=O)c2ccccc21)OCc1cc(=O)n2cc(Cl)ccc2n1. The van der Waals surface area contributed by atoms with E-state index in [9.17, 15) is 18.0 Å². The number of rotatable bonds is 4. The molecule has 1 N–H and O–H groups in total. The van der Waals surface area contributed by atoms with Crippen molar-refractivity contribution in [3.63, 3.8) is 0 Å². The van der Waals surface area contributed by atoms with Crippen molar-refractivity contribution in [3.05, 3.63) is 75.3 Å². The van der Waals surface area contributed by atoms with Crippen LogP contribution in [-0.4, -0.2) is 36.2 Å². The van der Waals surface area contributed by atoms with Crippen LogP contribution in [0.15, 0.2) is 63.3 Å². The second-order valence-electron chi connectivity index (χ2n) is 6.09. The minimum atomic E-state index is -3.68. The zero-order chi connectivity index (χ0) is 20.6. The lowest BCUT2D eigenvalue weighted by atomic mass is 10.2. The van der Waals surface area contributed by atoms with E-state index in [4.69, 9.17) is 16.3 Å². The molecule has 0 fully saturated rings. The van der Waals surface area contributed by atoms with Crippen LogP contribution in [0.1, 0.15) is 11.3 Å². The molecule has 0 atom stereocenters. The Kier molecular flexibility index (Phi) is 4.81. The van der Waals surface area contributed by atoms with Crippen LogP contribution in [0.25, 0.3) is 5.65 Å². The highest BCUT2D eigenvalue weighted by atomic mass is 35.5. The van der Waals surface area contributed by atoms with E-state index in [2.05, 4.69) is 14.7 Å². The van der Waals surface area contributed by atoms with Crippen molar-refractivity contribution in [2.24, 2.45) is 4.99 Å². The van der Waals surface area contributed by atoms with Gasteiger partial charge in [-0.05, 0) is 24.3 Å². The van der Waals surface area contributed by atoms with Gasteiger partial charge in [0.2, 0.25) is 0 Å². The van der Waals surface area contributed by atoms with E-state index in [1.165, 1.54) is 22.7 Å². The first kappa shape index (κ1) is 19.1. The van der Waals surface area contributed by atoms with E-state index in [1.807, 2.05) is 0 Å². The highest BCUT2D eigenvalue weighted by Gasteiger charge is 2.30. The molecule has 1 aromatic carbocycles. The number of pyridine rings is 1. The van der Waals surface area contributed by atoms with Gasteiger partial charge in [-0.2, -0.15) is 0 Å². The van der Waals surface area contributed by atoms with Crippen LogP contribution in [0.2, 0.25) is 5.02 Å². The zero-order valence-corrected chi connectivity index (χ0v) is 16.3. The van der Waals surface area contributed by atoms with Gasteiger partial charge in [-0.1, -0.05) is 23.7 Å². The van der Waals surface area contributed by atoms with Crippen LogP contribution in [0.3, 0.4) is 0 Å². The van der Waals surface area contributed by atoms with E-state index in [0.717, 1.165) is 0 Å². The molecule has 2 aromatic heterocycles. The summed E-state index contributed by atoms with van der Waals surface area (Å²) in [7, 11) is -3.68. The fourth-order valence-electron chi connectivity index (χ4n) is 2.79. The molecule has 0 saturated carbocycles. The molecule has 1 aliphatic heterocycles. The van der Waals surface area contributed by atoms with Gasteiger partial charge in [0.05, 0.1) is 15.6 Å². The first-order valence-corrected chi connectivity index (χ1v) is 10.2. The maximum Gasteiger partial charge on any atom is 0.328 e. The second-order valence-corrected chi connectivity index (χ2v) is 8.18. The summed E-state index contributed by atoms with van der Waals surface area (Å²) in [5.41, 5.74) is 0.666. The van der Waals surface area contributed by atoms with Crippen LogP contribution in [-0.2, 0) is 26.2 Å². The Morgan fingerprint density at radius 1 is 1.24 bits per heavy atom. The number of carbonyl (C=O) groups excluding carboxylic acids is 1. The minimum absolute atomic E-state index is 0.0801. The van der Waals surface area contributed by atoms with Gasteiger partial charge in [-0.25, -0.2) is 13.4 Å². The Labute approximate surface area is 169 Å². The van der Waals surface area contributed by atoms with Crippen LogP contribution in [0.5, 0.6) is 0 Å². The van der Waals surface area contributed by atoms with Crippen molar-refractivity contribution >= 4 is 39.1 Å². The summed E-state index contributed by atoms with van der Waals surface area (Å²) in [6.45, 7) is -0.616. The lowest BCUT2D eigenvalue weighted by molar-refractivity contribution is -0.143. The second kappa shape index (κ2) is 7.30. The predicted octanol–water partition coefficient (Wildman–Crippen LogP) is 1.13. The molecule has 11 heteroatoms. The van der Waals surface area contributed by atoms with Gasteiger partial charge in [-0.15, -0.1) is 0 Å². The number of benzene rings is 1. The molecule has 9 nitrogen and oxygen atoms in total. The highest BCUT2D eigenvalue weighted by Crippen LogP contribution is 2.22. The third kappa shape index (κ3) is 3.84. The Morgan fingerprint density at radius 2 is 2.03 bits per heavy atom. The summed E-state index contributed by atoms with van der Waals surface area (Å²) in [6.07, 6.45) is 1.44. The summed E-state index contributed by atoms with van der Waals surface area (Å²) < 4.78 is 32.7. The van der Waals surface area contributed by atoms with Crippen molar-refractivity contribution in [1.82, 2.24) is 14.1 Å². The number of hydrogen-bond donors (Lipinski definition) is 1. The number of esters is 1. The fourth-order valence-corrected chi connectivity index (χ4v) is 4.21. The summed E-state index contributed by atoms with van der Waals surface area (Å²) >= 11 is 5.86. The Hall–Kier alpha value is -3.24. The largest absolute Gasteiger partial charge is 0.458 e. The molecule has 0 unspecified atom stereocenters. The molecule has 0 amide bonds. The molecule has 0 spiro atoms. The molecule has 0 saturated heterocycles. The van der Waals surface area contributed by atoms with Crippen molar-refractivity contribution in [2.45, 2.75) is 11.5 Å². The lowest BCUT2D eigenvalue weighted by Crippen LogP contribution is -2.23. The standard InChI is InChI=1S/C18H13ClN4O5S/c19-11-5-6-15-21-12(7-16(24)23(15)9-11)10-28-17(25)8-20-18-13-3-1-2-4-14(13)29(26,27)22-18/h1-7,9H,8,10H2,(H,20,22). The van der Waals surface area contributed by atoms with Gasteiger partial charge in [0, 0.05) is 17.8 Å². The topological polar surface area (TPSA) is 119 Å². The number of ether oxygens (including phenoxy) is 1. The molecular formula is C18H13ClN4O5S. The fraction of sp³-hybridized carbons (Fsp3) is 0.111. The molecule has 0 bridgehead atoms. The molecule has 1 aliphatic rings. The maximum absolute atomic E-state index is 12.1. The van der Waals surface area contributed by atoms with Crippen LogP contribution in [0, 0.1) is 0 Å². The first-order chi connectivity index (χ1) is 13.8. The van der Waals surface area contributed by atoms with Gasteiger partial charge in [0.25, 0.3) is 15.6 Å². The Bertz CT molecular complexity index is 1330. The number of hydrogen-bond acceptors (Lipinski definition) is 7. The molecule has 148 valence electrons. The summed E-state index contributed by atoms with van der Waals surface area (Å²) in [5, 5.41) is 0.392. The van der Waals surface area contributed by atoms with Gasteiger partial charge in [0.1, 0.15) is 24.6 Å². The van der Waals surface area contributed by atoms with Crippen LogP contribution >= 0.6 is 11.6 Å². The summed E-state index contributed by atoms with van der Waals surface area (Å²) in [4.78, 5) is 32.5. The lowest BCUT2D eigenvalue weighted by Gasteiger charge is -2.06. The molecule has 29 heavy (non-hydrogen) atoms. The quantitative estimate of drug-likeness (QED) is 0.617. The van der Waals surface area contributed by atoms with Gasteiger partial charge >= 0.3 is 5.97 Å². The number of amidine groups is 1.